The van der Waals surface area contributed by atoms with Crippen molar-refractivity contribution in [3.63, 3.8) is 0 Å². The van der Waals surface area contributed by atoms with E-state index in [-0.39, 0.29) is 5.78 Å². The first-order valence-electron chi connectivity index (χ1n) is 6.89. The molecule has 2 nitrogen and oxygen atoms in total. The summed E-state index contributed by atoms with van der Waals surface area (Å²) in [7, 11) is 1.63. The van der Waals surface area contributed by atoms with Crippen molar-refractivity contribution in [2.45, 2.75) is 26.7 Å². The van der Waals surface area contributed by atoms with Gasteiger partial charge in [-0.1, -0.05) is 45.3 Å². The van der Waals surface area contributed by atoms with E-state index in [4.69, 9.17) is 4.74 Å². The van der Waals surface area contributed by atoms with Crippen molar-refractivity contribution in [2.24, 2.45) is 0 Å². The lowest BCUT2D eigenvalue weighted by molar-refractivity contribution is -0.117. The number of methoxy groups -OCH3 is 1. The number of rotatable bonds is 5. The van der Waals surface area contributed by atoms with Crippen LogP contribution in [0.15, 0.2) is 40.9 Å². The molecule has 0 saturated carbocycles. The molecule has 0 atom stereocenters. The van der Waals surface area contributed by atoms with Crippen LogP contribution in [-0.4, -0.2) is 12.9 Å². The van der Waals surface area contributed by atoms with E-state index >= 15 is 0 Å². The number of carbonyl (C=O) groups is 1. The van der Waals surface area contributed by atoms with Crippen LogP contribution in [0.25, 0.3) is 0 Å². The van der Waals surface area contributed by atoms with E-state index in [0.717, 1.165) is 21.3 Å². The normalized spacial score (nSPS) is 10.5. The predicted molar refractivity (Wildman–Crippen MR) is 89.0 cm³/mol. The highest BCUT2D eigenvalue weighted by Gasteiger charge is 2.10. The van der Waals surface area contributed by atoms with E-state index in [0.29, 0.717) is 12.8 Å². The maximum absolute atomic E-state index is 12.3. The van der Waals surface area contributed by atoms with Gasteiger partial charge in [-0.3, -0.25) is 4.79 Å². The highest BCUT2D eigenvalue weighted by molar-refractivity contribution is 9.10. The quantitative estimate of drug-likeness (QED) is 0.800. The van der Waals surface area contributed by atoms with Gasteiger partial charge in [0.2, 0.25) is 0 Å². The number of hydrogen-bond donors (Lipinski definition) is 0. The van der Waals surface area contributed by atoms with E-state index in [9.17, 15) is 4.79 Å². The number of halogens is 1. The summed E-state index contributed by atoms with van der Waals surface area (Å²) >= 11 is 3.43. The van der Waals surface area contributed by atoms with Gasteiger partial charge in [0.25, 0.3) is 0 Å². The highest BCUT2D eigenvalue weighted by Crippen LogP contribution is 2.24. The Hall–Kier alpha value is -1.61. The summed E-state index contributed by atoms with van der Waals surface area (Å²) in [6.07, 6.45) is 0.841. The number of carbonyl (C=O) groups excluding carboxylic acids is 1. The molecule has 0 spiro atoms. The summed E-state index contributed by atoms with van der Waals surface area (Å²) in [6, 6.07) is 12.0. The number of ether oxygens (including phenoxy) is 1. The molecule has 0 aliphatic heterocycles. The van der Waals surface area contributed by atoms with Crippen LogP contribution >= 0.6 is 15.9 Å². The Morgan fingerprint density at radius 1 is 1.05 bits per heavy atom. The van der Waals surface area contributed by atoms with Crippen molar-refractivity contribution in [1.82, 2.24) is 0 Å². The van der Waals surface area contributed by atoms with Gasteiger partial charge in [-0.2, -0.15) is 0 Å². The molecular weight excluding hydrogens is 328 g/mol. The Morgan fingerprint density at radius 3 is 2.33 bits per heavy atom. The number of Topliss-reactive ketones (excluding diaryl/α,β-unsaturated/α-hetero) is 1. The van der Waals surface area contributed by atoms with Crippen LogP contribution in [0.4, 0.5) is 0 Å². The first-order chi connectivity index (χ1) is 9.97. The summed E-state index contributed by atoms with van der Waals surface area (Å²) in [5.74, 6) is 0.948. The summed E-state index contributed by atoms with van der Waals surface area (Å²) in [6.45, 7) is 4.11. The molecule has 0 radical (unpaired) electrons. The maximum atomic E-state index is 12.3. The molecule has 0 heterocycles. The van der Waals surface area contributed by atoms with E-state index in [2.05, 4.69) is 48.0 Å². The Kier molecular flexibility index (Phi) is 5.18. The van der Waals surface area contributed by atoms with Crippen LogP contribution in [0, 0.1) is 13.8 Å². The van der Waals surface area contributed by atoms with Crippen LogP contribution in [-0.2, 0) is 17.6 Å². The smallest absolute Gasteiger partial charge is 0.141 e. The molecule has 2 aromatic rings. The summed E-state index contributed by atoms with van der Waals surface area (Å²) in [5, 5.41) is 0. The zero-order valence-electron chi connectivity index (χ0n) is 12.6. The van der Waals surface area contributed by atoms with Crippen LogP contribution in [0.5, 0.6) is 5.75 Å². The van der Waals surface area contributed by atoms with Gasteiger partial charge in [0.05, 0.1) is 7.11 Å². The van der Waals surface area contributed by atoms with Gasteiger partial charge in [0.1, 0.15) is 11.5 Å². The SMILES string of the molecule is COc1ccc(Br)cc1CC(=O)Cc1cc(C)cc(C)c1. The first-order valence-corrected chi connectivity index (χ1v) is 7.68. The standard InChI is InChI=1S/C18H19BrO2/c1-12-6-13(2)8-14(7-12)9-17(20)11-15-10-16(19)4-5-18(15)21-3/h4-8,10H,9,11H2,1-3H3. The van der Waals surface area contributed by atoms with Crippen molar-refractivity contribution in [3.05, 3.63) is 63.1 Å². The molecule has 2 rings (SSSR count). The molecular formula is C18H19BrO2. The third kappa shape index (κ3) is 4.43. The van der Waals surface area contributed by atoms with Gasteiger partial charge in [0.15, 0.2) is 0 Å². The number of aryl methyl sites for hydroxylation is 2. The van der Waals surface area contributed by atoms with Gasteiger partial charge < -0.3 is 4.74 Å². The Labute approximate surface area is 134 Å². The van der Waals surface area contributed by atoms with E-state index in [1.807, 2.05) is 18.2 Å². The minimum atomic E-state index is 0.191. The van der Waals surface area contributed by atoms with Gasteiger partial charge >= 0.3 is 0 Å². The minimum absolute atomic E-state index is 0.191. The predicted octanol–water partition coefficient (Wildman–Crippen LogP) is 4.43. The summed E-state index contributed by atoms with van der Waals surface area (Å²) in [4.78, 5) is 12.3. The lowest BCUT2D eigenvalue weighted by Crippen LogP contribution is -2.08. The Morgan fingerprint density at radius 2 is 1.71 bits per heavy atom. The minimum Gasteiger partial charge on any atom is -0.496 e. The molecule has 2 aromatic carbocycles. The molecule has 0 bridgehead atoms. The van der Waals surface area contributed by atoms with E-state index in [1.165, 1.54) is 11.1 Å². The lowest BCUT2D eigenvalue weighted by Gasteiger charge is -2.09. The molecule has 0 aliphatic carbocycles. The average Bonchev–Trinajstić information content (AvgIpc) is 2.37. The average molecular weight is 347 g/mol. The molecule has 21 heavy (non-hydrogen) atoms. The molecule has 0 N–H and O–H groups in total. The van der Waals surface area contributed by atoms with Gasteiger partial charge in [-0.25, -0.2) is 0 Å². The van der Waals surface area contributed by atoms with Crippen molar-refractivity contribution in [2.75, 3.05) is 7.11 Å². The van der Waals surface area contributed by atoms with Crippen LogP contribution in [0.2, 0.25) is 0 Å². The first kappa shape index (κ1) is 15.8. The topological polar surface area (TPSA) is 26.3 Å². The van der Waals surface area contributed by atoms with Gasteiger partial charge in [0, 0.05) is 22.9 Å². The summed E-state index contributed by atoms with van der Waals surface area (Å²) in [5.41, 5.74) is 4.38. The second kappa shape index (κ2) is 6.90. The Bertz CT molecular complexity index is 642. The highest BCUT2D eigenvalue weighted by atomic mass is 79.9. The fourth-order valence-corrected chi connectivity index (χ4v) is 2.97. The molecule has 0 unspecified atom stereocenters. The van der Waals surface area contributed by atoms with Gasteiger partial charge in [-0.15, -0.1) is 0 Å². The van der Waals surface area contributed by atoms with Crippen LogP contribution < -0.4 is 4.74 Å². The second-order valence-electron chi connectivity index (χ2n) is 5.34. The largest absolute Gasteiger partial charge is 0.496 e. The van der Waals surface area contributed by atoms with Crippen LogP contribution in [0.3, 0.4) is 0 Å². The summed E-state index contributed by atoms with van der Waals surface area (Å²) < 4.78 is 6.27. The molecule has 0 saturated heterocycles. The molecule has 0 aromatic heterocycles. The molecule has 3 heteroatoms. The van der Waals surface area contributed by atoms with E-state index < -0.39 is 0 Å². The zero-order chi connectivity index (χ0) is 15.4. The molecule has 110 valence electrons. The third-order valence-corrected chi connectivity index (χ3v) is 3.81. The third-order valence-electron chi connectivity index (χ3n) is 3.31. The molecule has 0 amide bonds. The zero-order valence-corrected chi connectivity index (χ0v) is 14.2. The van der Waals surface area contributed by atoms with Gasteiger partial charge in [-0.05, 0) is 37.6 Å². The molecule has 0 fully saturated rings. The Balaban J connectivity index is 2.13. The fraction of sp³-hybridized carbons (Fsp3) is 0.278. The lowest BCUT2D eigenvalue weighted by atomic mass is 9.99. The monoisotopic (exact) mass is 346 g/mol. The van der Waals surface area contributed by atoms with Crippen molar-refractivity contribution in [3.8, 4) is 5.75 Å². The van der Waals surface area contributed by atoms with Crippen molar-refractivity contribution in [1.29, 1.82) is 0 Å². The van der Waals surface area contributed by atoms with E-state index in [1.54, 1.807) is 7.11 Å². The van der Waals surface area contributed by atoms with Crippen molar-refractivity contribution < 1.29 is 9.53 Å². The number of ketones is 1. The van der Waals surface area contributed by atoms with Crippen LogP contribution in [0.1, 0.15) is 22.3 Å². The van der Waals surface area contributed by atoms with Crippen molar-refractivity contribution >= 4 is 21.7 Å². The fourth-order valence-electron chi connectivity index (χ4n) is 2.56. The number of hydrogen-bond acceptors (Lipinski definition) is 2. The number of benzene rings is 2. The second-order valence-corrected chi connectivity index (χ2v) is 6.26. The maximum Gasteiger partial charge on any atom is 0.141 e. The molecule has 0 aliphatic rings.